The first-order chi connectivity index (χ1) is 10.6. The molecule has 1 amide bonds. The van der Waals surface area contributed by atoms with Gasteiger partial charge in [0.2, 0.25) is 0 Å². The lowest BCUT2D eigenvalue weighted by molar-refractivity contribution is 0.0655. The maximum atomic E-state index is 12.7. The molecule has 0 spiro atoms. The smallest absolute Gasteiger partial charge is 0.255 e. The molecule has 0 saturated heterocycles. The molecule has 2 aromatic rings. The van der Waals surface area contributed by atoms with Gasteiger partial charge in [-0.2, -0.15) is 0 Å². The van der Waals surface area contributed by atoms with E-state index in [0.29, 0.717) is 24.4 Å². The molecule has 0 fully saturated rings. The number of pyridine rings is 1. The molecule has 1 heterocycles. The molecule has 22 heavy (non-hydrogen) atoms. The van der Waals surface area contributed by atoms with Crippen molar-refractivity contribution >= 4 is 16.8 Å². The molecule has 1 aromatic heterocycles. The van der Waals surface area contributed by atoms with E-state index in [0.717, 1.165) is 16.5 Å². The van der Waals surface area contributed by atoms with Crippen LogP contribution < -0.4 is 0 Å². The van der Waals surface area contributed by atoms with E-state index in [2.05, 4.69) is 4.98 Å². The van der Waals surface area contributed by atoms with E-state index in [1.165, 1.54) is 0 Å². The van der Waals surface area contributed by atoms with Crippen LogP contribution in [0.4, 0.5) is 0 Å². The van der Waals surface area contributed by atoms with Crippen molar-refractivity contribution in [3.63, 3.8) is 0 Å². The molecule has 2 rings (SSSR count). The SMILES string of the molecule is COCCN(CCO)C(=O)c1cc2cc(C)ccc2nc1C. The van der Waals surface area contributed by atoms with E-state index in [1.54, 1.807) is 12.0 Å². The first kappa shape index (κ1) is 16.4. The third kappa shape index (κ3) is 3.61. The summed E-state index contributed by atoms with van der Waals surface area (Å²) >= 11 is 0. The van der Waals surface area contributed by atoms with Crippen LogP contribution in [0.15, 0.2) is 24.3 Å². The van der Waals surface area contributed by atoms with Crippen LogP contribution in [0, 0.1) is 13.8 Å². The predicted octanol–water partition coefficient (Wildman–Crippen LogP) is 1.93. The third-order valence-corrected chi connectivity index (χ3v) is 3.61. The Kier molecular flexibility index (Phi) is 5.46. The average Bonchev–Trinajstić information content (AvgIpc) is 2.50. The minimum atomic E-state index is -0.125. The molecule has 0 aliphatic carbocycles. The number of aliphatic hydroxyl groups excluding tert-OH is 1. The van der Waals surface area contributed by atoms with Gasteiger partial charge in [0.25, 0.3) is 5.91 Å². The Morgan fingerprint density at radius 1 is 1.27 bits per heavy atom. The van der Waals surface area contributed by atoms with Crippen LogP contribution in [0.25, 0.3) is 10.9 Å². The number of benzene rings is 1. The summed E-state index contributed by atoms with van der Waals surface area (Å²) in [5.74, 6) is -0.125. The third-order valence-electron chi connectivity index (χ3n) is 3.61. The first-order valence-corrected chi connectivity index (χ1v) is 7.34. The fraction of sp³-hybridized carbons (Fsp3) is 0.412. The number of hydrogen-bond donors (Lipinski definition) is 1. The van der Waals surface area contributed by atoms with Crippen molar-refractivity contribution in [2.75, 3.05) is 33.4 Å². The molecule has 118 valence electrons. The van der Waals surface area contributed by atoms with Gasteiger partial charge in [-0.15, -0.1) is 0 Å². The van der Waals surface area contributed by atoms with Crippen molar-refractivity contribution < 1.29 is 14.6 Å². The number of nitrogens with zero attached hydrogens (tertiary/aromatic N) is 2. The van der Waals surface area contributed by atoms with E-state index >= 15 is 0 Å². The Balaban J connectivity index is 2.38. The zero-order valence-electron chi connectivity index (χ0n) is 13.3. The van der Waals surface area contributed by atoms with Crippen LogP contribution >= 0.6 is 0 Å². The standard InChI is InChI=1S/C17H22N2O3/c1-12-4-5-16-14(10-12)11-15(13(2)18-16)17(21)19(6-8-20)7-9-22-3/h4-5,10-11,20H,6-9H2,1-3H3. The zero-order chi connectivity index (χ0) is 16.1. The van der Waals surface area contributed by atoms with E-state index in [4.69, 9.17) is 9.84 Å². The highest BCUT2D eigenvalue weighted by Crippen LogP contribution is 2.19. The maximum Gasteiger partial charge on any atom is 0.255 e. The number of fused-ring (bicyclic) bond motifs is 1. The fourth-order valence-corrected chi connectivity index (χ4v) is 2.42. The van der Waals surface area contributed by atoms with Crippen LogP contribution in [0.2, 0.25) is 0 Å². The van der Waals surface area contributed by atoms with Gasteiger partial charge in [0.05, 0.1) is 30.0 Å². The number of carbonyl (C=O) groups is 1. The summed E-state index contributed by atoms with van der Waals surface area (Å²) in [5.41, 5.74) is 3.28. The van der Waals surface area contributed by atoms with Crippen molar-refractivity contribution in [3.05, 3.63) is 41.1 Å². The lowest BCUT2D eigenvalue weighted by Crippen LogP contribution is -2.36. The van der Waals surface area contributed by atoms with Crippen molar-refractivity contribution in [2.24, 2.45) is 0 Å². The molecule has 0 saturated carbocycles. The van der Waals surface area contributed by atoms with Crippen LogP contribution in [0.5, 0.6) is 0 Å². The van der Waals surface area contributed by atoms with Gasteiger partial charge in [0.1, 0.15) is 0 Å². The Labute approximate surface area is 130 Å². The largest absolute Gasteiger partial charge is 0.395 e. The molecular weight excluding hydrogens is 280 g/mol. The summed E-state index contributed by atoms with van der Waals surface area (Å²) in [4.78, 5) is 18.8. The van der Waals surface area contributed by atoms with Crippen LogP contribution in [0.1, 0.15) is 21.6 Å². The summed E-state index contributed by atoms with van der Waals surface area (Å²) < 4.78 is 5.03. The zero-order valence-corrected chi connectivity index (χ0v) is 13.3. The first-order valence-electron chi connectivity index (χ1n) is 7.34. The molecule has 0 aliphatic rings. The van der Waals surface area contributed by atoms with Crippen molar-refractivity contribution in [1.29, 1.82) is 0 Å². The molecule has 1 N–H and O–H groups in total. The maximum absolute atomic E-state index is 12.7. The molecular formula is C17H22N2O3. The molecule has 0 aliphatic heterocycles. The number of carbonyl (C=O) groups excluding carboxylic acids is 1. The molecule has 5 heteroatoms. The normalized spacial score (nSPS) is 10.9. The van der Waals surface area contributed by atoms with Gasteiger partial charge in [-0.25, -0.2) is 0 Å². The summed E-state index contributed by atoms with van der Waals surface area (Å²) in [6.07, 6.45) is 0. The second-order valence-electron chi connectivity index (χ2n) is 5.33. The van der Waals surface area contributed by atoms with E-state index in [-0.39, 0.29) is 19.1 Å². The van der Waals surface area contributed by atoms with E-state index in [1.807, 2.05) is 38.1 Å². The molecule has 0 radical (unpaired) electrons. The summed E-state index contributed by atoms with van der Waals surface area (Å²) in [7, 11) is 1.59. The van der Waals surface area contributed by atoms with E-state index in [9.17, 15) is 4.79 Å². The van der Waals surface area contributed by atoms with Crippen molar-refractivity contribution in [1.82, 2.24) is 9.88 Å². The van der Waals surface area contributed by atoms with Crippen LogP contribution in [-0.2, 0) is 4.74 Å². The number of aromatic nitrogens is 1. The highest BCUT2D eigenvalue weighted by Gasteiger charge is 2.18. The number of ether oxygens (including phenoxy) is 1. The van der Waals surface area contributed by atoms with E-state index < -0.39 is 0 Å². The number of aryl methyl sites for hydroxylation is 2. The minimum absolute atomic E-state index is 0.0748. The molecule has 5 nitrogen and oxygen atoms in total. The highest BCUT2D eigenvalue weighted by atomic mass is 16.5. The Morgan fingerprint density at radius 2 is 2.05 bits per heavy atom. The number of aliphatic hydroxyl groups is 1. The Hall–Kier alpha value is -1.98. The van der Waals surface area contributed by atoms with Gasteiger partial charge in [0, 0.05) is 25.6 Å². The van der Waals surface area contributed by atoms with Gasteiger partial charge < -0.3 is 14.7 Å². The van der Waals surface area contributed by atoms with Gasteiger partial charge in [-0.1, -0.05) is 11.6 Å². The van der Waals surface area contributed by atoms with Gasteiger partial charge in [0.15, 0.2) is 0 Å². The monoisotopic (exact) mass is 302 g/mol. The lowest BCUT2D eigenvalue weighted by Gasteiger charge is -2.22. The number of hydrogen-bond acceptors (Lipinski definition) is 4. The number of methoxy groups -OCH3 is 1. The summed E-state index contributed by atoms with van der Waals surface area (Å²) in [5, 5.41) is 10.1. The highest BCUT2D eigenvalue weighted by molar-refractivity contribution is 5.98. The van der Waals surface area contributed by atoms with Crippen LogP contribution in [-0.4, -0.2) is 54.3 Å². The molecule has 0 atom stereocenters. The van der Waals surface area contributed by atoms with Crippen molar-refractivity contribution in [2.45, 2.75) is 13.8 Å². The second-order valence-corrected chi connectivity index (χ2v) is 5.33. The lowest BCUT2D eigenvalue weighted by atomic mass is 10.1. The summed E-state index contributed by atoms with van der Waals surface area (Å²) in [6.45, 7) is 4.94. The molecule has 1 aromatic carbocycles. The minimum Gasteiger partial charge on any atom is -0.395 e. The van der Waals surface area contributed by atoms with Gasteiger partial charge >= 0.3 is 0 Å². The Bertz CT molecular complexity index is 670. The topological polar surface area (TPSA) is 62.7 Å². The number of rotatable bonds is 6. The van der Waals surface area contributed by atoms with Crippen LogP contribution in [0.3, 0.4) is 0 Å². The fourth-order valence-electron chi connectivity index (χ4n) is 2.42. The average molecular weight is 302 g/mol. The summed E-state index contributed by atoms with van der Waals surface area (Å²) in [6, 6.07) is 7.86. The van der Waals surface area contributed by atoms with Gasteiger partial charge in [-0.3, -0.25) is 9.78 Å². The second kappa shape index (κ2) is 7.33. The Morgan fingerprint density at radius 3 is 2.73 bits per heavy atom. The van der Waals surface area contributed by atoms with Gasteiger partial charge in [-0.05, 0) is 32.0 Å². The van der Waals surface area contributed by atoms with Crippen molar-refractivity contribution in [3.8, 4) is 0 Å². The number of amides is 1. The molecule has 0 unspecified atom stereocenters. The molecule has 0 bridgehead atoms. The predicted molar refractivity (Wildman–Crippen MR) is 86.1 cm³/mol. The quantitative estimate of drug-likeness (QED) is 0.885.